The first-order chi connectivity index (χ1) is 15.1. The molecule has 1 saturated heterocycles. The first kappa shape index (κ1) is 22.2. The molecule has 1 unspecified atom stereocenters. The molecule has 1 aliphatic rings. The number of anilines is 1. The smallest absolute Gasteiger partial charge is 0.242 e. The van der Waals surface area contributed by atoms with Gasteiger partial charge in [0.15, 0.2) is 5.65 Å². The lowest BCUT2D eigenvalue weighted by atomic mass is 10.1. The predicted octanol–water partition coefficient (Wildman–Crippen LogP) is 1.97. The molecule has 0 saturated carbocycles. The minimum absolute atomic E-state index is 0.219. The number of sulfonamides is 1. The molecule has 1 atom stereocenters. The molecule has 1 aromatic carbocycles. The van der Waals surface area contributed by atoms with E-state index in [0.29, 0.717) is 12.1 Å². The third kappa shape index (κ3) is 3.95. The maximum atomic E-state index is 12.6. The Kier molecular flexibility index (Phi) is 5.68. The Bertz CT molecular complexity index is 1300. The molecule has 0 radical (unpaired) electrons. The fraction of sp³-hybridized carbons (Fsp3) is 0.409. The number of amides is 1. The molecular weight excluding hydrogens is 428 g/mol. The predicted molar refractivity (Wildman–Crippen MR) is 123 cm³/mol. The van der Waals surface area contributed by atoms with Gasteiger partial charge in [-0.25, -0.2) is 22.2 Å². The molecule has 1 fully saturated rings. The number of benzene rings is 1. The van der Waals surface area contributed by atoms with Crippen LogP contribution in [0, 0.1) is 19.8 Å². The maximum Gasteiger partial charge on any atom is 0.242 e. The van der Waals surface area contributed by atoms with Crippen molar-refractivity contribution in [2.75, 3.05) is 32.1 Å². The molecule has 3 aromatic rings. The van der Waals surface area contributed by atoms with Crippen LogP contribution in [-0.2, 0) is 14.8 Å². The molecule has 10 heteroatoms. The van der Waals surface area contributed by atoms with Crippen molar-refractivity contribution in [2.45, 2.75) is 31.6 Å². The van der Waals surface area contributed by atoms with Gasteiger partial charge in [0.25, 0.3) is 0 Å². The summed E-state index contributed by atoms with van der Waals surface area (Å²) in [5, 5.41) is 4.69. The largest absolute Gasteiger partial charge is 0.370 e. The molecule has 0 spiro atoms. The number of hydrogen-bond donors (Lipinski definition) is 1. The van der Waals surface area contributed by atoms with Gasteiger partial charge in [-0.1, -0.05) is 12.1 Å². The van der Waals surface area contributed by atoms with Gasteiger partial charge >= 0.3 is 0 Å². The number of hydrogen-bond acceptors (Lipinski definition) is 6. The number of aryl methyl sites for hydroxylation is 2. The summed E-state index contributed by atoms with van der Waals surface area (Å²) in [5.41, 5.74) is 10.1. The van der Waals surface area contributed by atoms with Crippen molar-refractivity contribution in [2.24, 2.45) is 11.7 Å². The highest BCUT2D eigenvalue weighted by Gasteiger charge is 2.27. The summed E-state index contributed by atoms with van der Waals surface area (Å²) in [6.45, 7) is 5.37. The van der Waals surface area contributed by atoms with Crippen molar-refractivity contribution in [3.63, 3.8) is 0 Å². The van der Waals surface area contributed by atoms with Crippen molar-refractivity contribution < 1.29 is 13.2 Å². The Morgan fingerprint density at radius 3 is 2.69 bits per heavy atom. The number of nitrogens with zero attached hydrogens (tertiary/aromatic N) is 5. The van der Waals surface area contributed by atoms with Crippen LogP contribution in [0.5, 0.6) is 0 Å². The molecule has 170 valence electrons. The minimum Gasteiger partial charge on any atom is -0.370 e. The van der Waals surface area contributed by atoms with E-state index in [1.54, 1.807) is 22.7 Å². The Balaban J connectivity index is 1.81. The number of aromatic nitrogens is 3. The molecule has 2 aromatic heterocycles. The van der Waals surface area contributed by atoms with Gasteiger partial charge in [0.2, 0.25) is 15.9 Å². The topological polar surface area (TPSA) is 114 Å². The van der Waals surface area contributed by atoms with Crippen molar-refractivity contribution in [3.05, 3.63) is 41.7 Å². The van der Waals surface area contributed by atoms with Gasteiger partial charge in [0.1, 0.15) is 0 Å². The highest BCUT2D eigenvalue weighted by molar-refractivity contribution is 7.89. The van der Waals surface area contributed by atoms with Crippen molar-refractivity contribution in [1.29, 1.82) is 0 Å². The zero-order chi connectivity index (χ0) is 23.2. The summed E-state index contributed by atoms with van der Waals surface area (Å²) in [7, 11) is -0.537. The number of carbonyl (C=O) groups excluding carboxylic acids is 1. The molecule has 0 bridgehead atoms. The third-order valence-electron chi connectivity index (χ3n) is 5.86. The van der Waals surface area contributed by atoms with Crippen LogP contribution in [0.4, 0.5) is 5.69 Å². The average molecular weight is 457 g/mol. The molecule has 1 amide bonds. The van der Waals surface area contributed by atoms with Crippen LogP contribution in [-0.4, -0.2) is 60.4 Å². The lowest BCUT2D eigenvalue weighted by molar-refractivity contribution is -0.118. The first-order valence-corrected chi connectivity index (χ1v) is 11.9. The Morgan fingerprint density at radius 2 is 2.00 bits per heavy atom. The van der Waals surface area contributed by atoms with Crippen LogP contribution in [0.2, 0.25) is 0 Å². The van der Waals surface area contributed by atoms with Crippen LogP contribution in [0.3, 0.4) is 0 Å². The third-order valence-corrected chi connectivity index (χ3v) is 7.67. The van der Waals surface area contributed by atoms with Gasteiger partial charge in [-0.15, -0.1) is 0 Å². The summed E-state index contributed by atoms with van der Waals surface area (Å²) in [4.78, 5) is 18.6. The SMILES string of the molecule is Cc1cc(N2CCC(CC(N)=O)C2)c2nc(C)c(-c3cccc(S(=O)(=O)N(C)C)c3)n2n1. The number of rotatable bonds is 6. The van der Waals surface area contributed by atoms with Crippen LogP contribution < -0.4 is 10.6 Å². The maximum absolute atomic E-state index is 12.6. The fourth-order valence-electron chi connectivity index (χ4n) is 4.31. The van der Waals surface area contributed by atoms with E-state index in [0.717, 1.165) is 47.8 Å². The Hall–Kier alpha value is -2.98. The van der Waals surface area contributed by atoms with E-state index in [1.165, 1.54) is 18.4 Å². The van der Waals surface area contributed by atoms with Gasteiger partial charge < -0.3 is 10.6 Å². The van der Waals surface area contributed by atoms with Crippen LogP contribution in [0.15, 0.2) is 35.2 Å². The number of imidazole rings is 1. The molecule has 1 aliphatic heterocycles. The molecule has 4 rings (SSSR count). The number of fused-ring (bicyclic) bond motifs is 1. The second kappa shape index (κ2) is 8.18. The lowest BCUT2D eigenvalue weighted by Crippen LogP contribution is -2.23. The van der Waals surface area contributed by atoms with Crippen LogP contribution in [0.25, 0.3) is 16.9 Å². The Morgan fingerprint density at radius 1 is 1.25 bits per heavy atom. The molecule has 2 N–H and O–H groups in total. The summed E-state index contributed by atoms with van der Waals surface area (Å²) in [5.74, 6) is -0.0520. The van der Waals surface area contributed by atoms with Crippen molar-refractivity contribution in [1.82, 2.24) is 18.9 Å². The van der Waals surface area contributed by atoms with E-state index in [2.05, 4.69) is 4.90 Å². The van der Waals surface area contributed by atoms with Crippen molar-refractivity contribution in [3.8, 4) is 11.3 Å². The van der Waals surface area contributed by atoms with Crippen LogP contribution in [0.1, 0.15) is 24.2 Å². The zero-order valence-electron chi connectivity index (χ0n) is 18.7. The monoisotopic (exact) mass is 456 g/mol. The second-order valence-corrected chi connectivity index (χ2v) is 10.7. The number of primary amides is 1. The van der Waals surface area contributed by atoms with Crippen molar-refractivity contribution >= 4 is 27.3 Å². The summed E-state index contributed by atoms with van der Waals surface area (Å²) in [6, 6.07) is 8.85. The van der Waals surface area contributed by atoms with Gasteiger partial charge in [0.05, 0.1) is 27.7 Å². The van der Waals surface area contributed by atoms with Crippen LogP contribution >= 0.6 is 0 Å². The highest BCUT2D eigenvalue weighted by atomic mass is 32.2. The van der Waals surface area contributed by atoms with E-state index in [9.17, 15) is 13.2 Å². The Labute approximate surface area is 187 Å². The fourth-order valence-corrected chi connectivity index (χ4v) is 5.26. The van der Waals surface area contributed by atoms with Gasteiger partial charge in [-0.2, -0.15) is 5.10 Å². The molecular formula is C22H28N6O3S. The van der Waals surface area contributed by atoms with Gasteiger partial charge in [-0.3, -0.25) is 4.79 Å². The second-order valence-electron chi connectivity index (χ2n) is 8.54. The van der Waals surface area contributed by atoms with Gasteiger partial charge in [-0.05, 0) is 44.4 Å². The zero-order valence-corrected chi connectivity index (χ0v) is 19.6. The van der Waals surface area contributed by atoms with E-state index in [1.807, 2.05) is 26.0 Å². The van der Waals surface area contributed by atoms with E-state index >= 15 is 0 Å². The summed E-state index contributed by atoms with van der Waals surface area (Å²) >= 11 is 0. The quantitative estimate of drug-likeness (QED) is 0.607. The standard InChI is InChI=1S/C22H28N6O3S/c1-14-10-19(27-9-8-16(13-27)11-20(23)29)22-24-15(2)21(28(22)25-14)17-6-5-7-18(12-17)32(30,31)26(3)4/h5-7,10,12,16H,8-9,11,13H2,1-4H3,(H2,23,29). The molecule has 0 aliphatic carbocycles. The summed E-state index contributed by atoms with van der Waals surface area (Å²) in [6.07, 6.45) is 1.27. The molecule has 3 heterocycles. The molecule has 9 nitrogen and oxygen atoms in total. The summed E-state index contributed by atoms with van der Waals surface area (Å²) < 4.78 is 28.3. The number of nitrogens with two attached hydrogens (primary N) is 1. The van der Waals surface area contributed by atoms with Gasteiger partial charge in [0, 0.05) is 39.2 Å². The van der Waals surface area contributed by atoms with E-state index in [4.69, 9.17) is 15.8 Å². The average Bonchev–Trinajstić information content (AvgIpc) is 3.30. The first-order valence-electron chi connectivity index (χ1n) is 10.5. The van der Waals surface area contributed by atoms with E-state index in [-0.39, 0.29) is 16.7 Å². The lowest BCUT2D eigenvalue weighted by Gasteiger charge is -2.20. The number of carbonyl (C=O) groups is 1. The van der Waals surface area contributed by atoms with E-state index < -0.39 is 10.0 Å². The highest BCUT2D eigenvalue weighted by Crippen LogP contribution is 2.33. The normalized spacial score (nSPS) is 16.9. The minimum atomic E-state index is -3.56. The molecule has 32 heavy (non-hydrogen) atoms.